The minimum Gasteiger partial charge on any atom is -0.344 e. The summed E-state index contributed by atoms with van der Waals surface area (Å²) in [6.45, 7) is 3.78. The van der Waals surface area contributed by atoms with Crippen molar-refractivity contribution in [1.29, 1.82) is 0 Å². The molecule has 5 heteroatoms. The number of hydrogen-bond donors (Lipinski definition) is 0. The fourth-order valence-corrected chi connectivity index (χ4v) is 2.59. The van der Waals surface area contributed by atoms with Crippen LogP contribution in [0.2, 0.25) is 0 Å². The van der Waals surface area contributed by atoms with Crippen LogP contribution in [0.25, 0.3) is 17.3 Å². The van der Waals surface area contributed by atoms with Crippen LogP contribution in [0.5, 0.6) is 0 Å². The zero-order valence-electron chi connectivity index (χ0n) is 12.9. The van der Waals surface area contributed by atoms with Crippen molar-refractivity contribution in [3.8, 4) is 11.3 Å². The van der Waals surface area contributed by atoms with Gasteiger partial charge in [-0.05, 0) is 23.9 Å². The number of sulfone groups is 1. The van der Waals surface area contributed by atoms with Crippen LogP contribution >= 0.6 is 0 Å². The number of aromatic nitrogens is 1. The van der Waals surface area contributed by atoms with Crippen LogP contribution in [0.3, 0.4) is 0 Å². The molecule has 0 saturated carbocycles. The Morgan fingerprint density at radius 1 is 1.17 bits per heavy atom. The first-order chi connectivity index (χ1) is 10.5. The van der Waals surface area contributed by atoms with Gasteiger partial charge in [-0.1, -0.05) is 24.3 Å². The van der Waals surface area contributed by atoms with Crippen molar-refractivity contribution in [3.63, 3.8) is 0 Å². The molecule has 2 rings (SSSR count). The van der Waals surface area contributed by atoms with Gasteiger partial charge >= 0.3 is 19.8 Å². The van der Waals surface area contributed by atoms with Gasteiger partial charge in [-0.25, -0.2) is 20.9 Å². The van der Waals surface area contributed by atoms with Gasteiger partial charge in [0.15, 0.2) is 9.84 Å². The van der Waals surface area contributed by atoms with Crippen LogP contribution < -0.4 is 0 Å². The van der Waals surface area contributed by atoms with E-state index in [0.717, 1.165) is 29.8 Å². The number of unbranched alkanes of at least 4 members (excludes halogenated alkanes) is 2. The van der Waals surface area contributed by atoms with Crippen LogP contribution in [-0.2, 0) is 29.6 Å². The summed E-state index contributed by atoms with van der Waals surface area (Å²) >= 11 is 0. The molecule has 122 valence electrons. The van der Waals surface area contributed by atoms with Crippen molar-refractivity contribution in [2.75, 3.05) is 6.26 Å². The third-order valence-corrected chi connectivity index (χ3v) is 4.25. The molecule has 0 radical (unpaired) electrons. The number of allylic oxidation sites excluding steroid dienone is 1. The van der Waals surface area contributed by atoms with Crippen molar-refractivity contribution in [2.45, 2.75) is 17.7 Å². The molecule has 0 aliphatic heterocycles. The normalized spacial score (nSPS) is 11.2. The predicted octanol–water partition coefficient (Wildman–Crippen LogP) is 3.98. The molecule has 1 heterocycles. The van der Waals surface area contributed by atoms with E-state index in [0.29, 0.717) is 4.90 Å². The molecule has 3 nitrogen and oxygen atoms in total. The summed E-state index contributed by atoms with van der Waals surface area (Å²) in [7, 11) is -3.17. The summed E-state index contributed by atoms with van der Waals surface area (Å²) in [5.74, 6) is 0. The fraction of sp³-hybridized carbons (Fsp3) is 0.167. The number of rotatable bonds is 6. The average molecular weight is 504 g/mol. The molecule has 0 atom stereocenters. The van der Waals surface area contributed by atoms with Crippen LogP contribution in [0.4, 0.5) is 0 Å². The number of pyridine rings is 1. The number of hydrogen-bond acceptors (Lipinski definition) is 3. The molecule has 0 fully saturated rings. The Morgan fingerprint density at radius 3 is 2.48 bits per heavy atom. The van der Waals surface area contributed by atoms with Crippen LogP contribution in [0, 0.1) is 13.3 Å². The summed E-state index contributed by atoms with van der Waals surface area (Å²) in [4.78, 5) is 4.88. The second-order valence-electron chi connectivity index (χ2n) is 4.98. The Hall–Kier alpha value is -1.43. The van der Waals surface area contributed by atoms with Gasteiger partial charge in [0, 0.05) is 11.8 Å². The molecule has 2 aromatic rings. The molecule has 23 heavy (non-hydrogen) atoms. The van der Waals surface area contributed by atoms with Gasteiger partial charge in [0.1, 0.15) is 0 Å². The van der Waals surface area contributed by atoms with E-state index in [9.17, 15) is 8.42 Å². The van der Waals surface area contributed by atoms with E-state index >= 15 is 0 Å². The second-order valence-corrected chi connectivity index (χ2v) is 7.00. The minimum absolute atomic E-state index is 0. The summed E-state index contributed by atoms with van der Waals surface area (Å²) in [6.07, 6.45) is 9.01. The zero-order chi connectivity index (χ0) is 16.0. The van der Waals surface area contributed by atoms with E-state index in [1.807, 2.05) is 30.4 Å². The van der Waals surface area contributed by atoms with Crippen LogP contribution in [0.1, 0.15) is 18.5 Å². The number of nitrogens with zero attached hydrogens (tertiary/aromatic N) is 1. The van der Waals surface area contributed by atoms with Gasteiger partial charge in [0.05, 0.1) is 10.6 Å². The van der Waals surface area contributed by atoms with Crippen LogP contribution in [0.15, 0.2) is 53.4 Å². The van der Waals surface area contributed by atoms with Gasteiger partial charge in [-0.2, -0.15) is 12.5 Å². The molecular formula is C18H19NO2OsS. The first-order valence-corrected chi connectivity index (χ1v) is 8.96. The van der Waals surface area contributed by atoms with Crippen molar-refractivity contribution < 1.29 is 28.2 Å². The quantitative estimate of drug-likeness (QED) is 0.443. The van der Waals surface area contributed by atoms with E-state index in [-0.39, 0.29) is 19.8 Å². The summed E-state index contributed by atoms with van der Waals surface area (Å²) in [6, 6.07) is 12.6. The molecule has 1 aromatic carbocycles. The topological polar surface area (TPSA) is 47.0 Å². The van der Waals surface area contributed by atoms with E-state index in [2.05, 4.69) is 18.3 Å². The van der Waals surface area contributed by atoms with E-state index in [1.54, 1.807) is 24.3 Å². The smallest absolute Gasteiger partial charge is 0.344 e. The summed E-state index contributed by atoms with van der Waals surface area (Å²) in [5, 5.41) is 0. The van der Waals surface area contributed by atoms with E-state index in [4.69, 9.17) is 0 Å². The molecule has 0 bridgehead atoms. The second kappa shape index (κ2) is 9.01. The first kappa shape index (κ1) is 19.6. The zero-order valence-corrected chi connectivity index (χ0v) is 16.3. The monoisotopic (exact) mass is 505 g/mol. The van der Waals surface area contributed by atoms with E-state index in [1.165, 1.54) is 6.26 Å². The molecule has 0 aliphatic rings. The Balaban J connectivity index is 0.00000264. The first-order valence-electron chi connectivity index (χ1n) is 7.07. The Labute approximate surface area is 151 Å². The molecule has 1 aromatic heterocycles. The molecule has 0 aliphatic carbocycles. The maximum atomic E-state index is 11.5. The van der Waals surface area contributed by atoms with Gasteiger partial charge in [0.25, 0.3) is 0 Å². The number of benzene rings is 1. The van der Waals surface area contributed by atoms with Gasteiger partial charge in [-0.15, -0.1) is 6.42 Å². The maximum absolute atomic E-state index is 11.5. The SMILES string of the molecule is [CH2-]CC[CH-]/C=C\c1cccc(-c2ccc(S(C)(=O)=O)cc2)n1.[Os+2]. The van der Waals surface area contributed by atoms with Crippen molar-refractivity contribution >= 4 is 15.9 Å². The Kier molecular flexibility index (Phi) is 7.68. The Morgan fingerprint density at radius 2 is 1.87 bits per heavy atom. The van der Waals surface area contributed by atoms with E-state index < -0.39 is 9.84 Å². The van der Waals surface area contributed by atoms with Gasteiger partial charge < -0.3 is 6.92 Å². The fourth-order valence-electron chi connectivity index (χ4n) is 1.96. The Bertz CT molecular complexity index is 753. The predicted molar refractivity (Wildman–Crippen MR) is 90.7 cm³/mol. The molecule has 0 spiro atoms. The molecular weight excluding hydrogens is 484 g/mol. The summed E-state index contributed by atoms with van der Waals surface area (Å²) in [5.41, 5.74) is 2.58. The van der Waals surface area contributed by atoms with Crippen molar-refractivity contribution in [2.24, 2.45) is 0 Å². The summed E-state index contributed by atoms with van der Waals surface area (Å²) < 4.78 is 22.9. The average Bonchev–Trinajstić information content (AvgIpc) is 2.51. The van der Waals surface area contributed by atoms with Crippen LogP contribution in [-0.4, -0.2) is 19.7 Å². The van der Waals surface area contributed by atoms with Gasteiger partial charge in [0.2, 0.25) is 0 Å². The molecule has 0 saturated heterocycles. The van der Waals surface area contributed by atoms with Crippen molar-refractivity contribution in [3.05, 3.63) is 67.6 Å². The van der Waals surface area contributed by atoms with Crippen molar-refractivity contribution in [1.82, 2.24) is 4.98 Å². The van der Waals surface area contributed by atoms with Gasteiger partial charge in [-0.3, -0.25) is 4.98 Å². The minimum atomic E-state index is -3.17. The maximum Gasteiger partial charge on any atom is 2.00 e. The molecule has 0 amide bonds. The third-order valence-electron chi connectivity index (χ3n) is 3.12. The largest absolute Gasteiger partial charge is 2.00 e. The third kappa shape index (κ3) is 5.93. The molecule has 0 unspecified atom stereocenters. The standard InChI is InChI=1S/C18H19NO2S.Os/c1-3-4-5-6-8-16-9-7-10-18(19-16)15-11-13-17(14-12-15)22(2,20)21;/h5-14H,1,3-4H2,2H3;/q-2;+2/b8-6-;. The molecule has 0 N–H and O–H groups in total.